The lowest BCUT2D eigenvalue weighted by Gasteiger charge is -2.13. The number of carbonyl (C=O) groups excluding carboxylic acids is 2. The molecule has 2 aromatic heterocycles. The summed E-state index contributed by atoms with van der Waals surface area (Å²) in [6.07, 6.45) is 3.06. The molecule has 1 aromatic carbocycles. The van der Waals surface area contributed by atoms with E-state index in [1.165, 1.54) is 40.2 Å². The number of amides is 1. The predicted molar refractivity (Wildman–Crippen MR) is 126 cm³/mol. The van der Waals surface area contributed by atoms with Gasteiger partial charge in [-0.2, -0.15) is 20.1 Å². The smallest absolute Gasteiger partial charge is 0.387 e. The zero-order valence-electron chi connectivity index (χ0n) is 18.1. The first kappa shape index (κ1) is 24.5. The average molecular weight is 493 g/mol. The lowest BCUT2D eigenvalue weighted by Crippen LogP contribution is -2.36. The van der Waals surface area contributed by atoms with E-state index in [1.807, 2.05) is 16.8 Å². The van der Waals surface area contributed by atoms with Crippen LogP contribution in [0.1, 0.15) is 26.3 Å². The Morgan fingerprint density at radius 2 is 1.94 bits per heavy atom. The summed E-state index contributed by atoms with van der Waals surface area (Å²) in [5, 5.41) is 6.25. The fourth-order valence-electron chi connectivity index (χ4n) is 2.73. The third-order valence-electron chi connectivity index (χ3n) is 4.45. The zero-order valence-corrected chi connectivity index (χ0v) is 19.8. The first-order chi connectivity index (χ1) is 15.5. The maximum Gasteiger partial charge on any atom is 0.387 e. The second-order valence-electron chi connectivity index (χ2n) is 8.08. The van der Waals surface area contributed by atoms with Crippen molar-refractivity contribution in [1.82, 2.24) is 4.57 Å². The number of Topliss-reactive ketones (excluding diaryl/α,β-unsaturated/α-hetero) is 1. The van der Waals surface area contributed by atoms with E-state index < -0.39 is 30.0 Å². The van der Waals surface area contributed by atoms with Gasteiger partial charge in [-0.1, -0.05) is 32.9 Å². The number of nitrogens with zero attached hydrogens (tertiary/aromatic N) is 1. The number of halogens is 2. The van der Waals surface area contributed by atoms with Crippen molar-refractivity contribution in [2.24, 2.45) is 5.41 Å². The van der Waals surface area contributed by atoms with Gasteiger partial charge < -0.3 is 10.1 Å². The van der Waals surface area contributed by atoms with Crippen LogP contribution in [-0.2, 0) is 16.1 Å². The first-order valence-electron chi connectivity index (χ1n) is 9.88. The summed E-state index contributed by atoms with van der Waals surface area (Å²) >= 11 is 2.59. The largest absolute Gasteiger partial charge is 0.433 e. The van der Waals surface area contributed by atoms with Crippen LogP contribution in [0, 0.1) is 5.41 Å². The zero-order chi connectivity index (χ0) is 24.2. The van der Waals surface area contributed by atoms with Gasteiger partial charge in [0.2, 0.25) is 5.91 Å². The Balaban J connectivity index is 1.99. The van der Waals surface area contributed by atoms with Crippen LogP contribution in [0.4, 0.5) is 14.5 Å². The molecule has 0 spiro atoms. The van der Waals surface area contributed by atoms with E-state index in [4.69, 9.17) is 0 Å². The van der Waals surface area contributed by atoms with Gasteiger partial charge >= 0.3 is 6.61 Å². The molecule has 10 heteroatoms. The second kappa shape index (κ2) is 10.2. The minimum Gasteiger partial charge on any atom is -0.433 e. The number of anilines is 1. The highest BCUT2D eigenvalue weighted by atomic mass is 32.1. The van der Waals surface area contributed by atoms with E-state index >= 15 is 0 Å². The van der Waals surface area contributed by atoms with Crippen LogP contribution in [-0.4, -0.2) is 22.9 Å². The number of rotatable bonds is 7. The van der Waals surface area contributed by atoms with Crippen LogP contribution in [0.2, 0.25) is 0 Å². The third-order valence-corrected chi connectivity index (χ3v) is 6.21. The molecule has 0 atom stereocenters. The summed E-state index contributed by atoms with van der Waals surface area (Å²) in [5.41, 5.74) is -0.212. The Kier molecular flexibility index (Phi) is 7.60. The molecule has 0 unspecified atom stereocenters. The van der Waals surface area contributed by atoms with Crippen molar-refractivity contribution in [3.63, 3.8) is 0 Å². The van der Waals surface area contributed by atoms with Gasteiger partial charge in [0, 0.05) is 11.5 Å². The highest BCUT2D eigenvalue weighted by Gasteiger charge is 2.20. The molecule has 0 radical (unpaired) electrons. The number of nitrogens with one attached hydrogen (secondary N) is 1. The van der Waals surface area contributed by atoms with Gasteiger partial charge in [-0.3, -0.25) is 19.0 Å². The summed E-state index contributed by atoms with van der Waals surface area (Å²) < 4.78 is 31.6. The minimum atomic E-state index is -3.05. The number of thiophene rings is 1. The molecule has 1 N–H and O–H groups in total. The molecule has 1 amide bonds. The number of hydrogen-bond donors (Lipinski definition) is 1. The maximum absolute atomic E-state index is 13.1. The predicted octanol–water partition coefficient (Wildman–Crippen LogP) is 3.44. The molecular weight excluding hydrogens is 470 g/mol. The quantitative estimate of drug-likeness (QED) is 0.548. The van der Waals surface area contributed by atoms with Crippen LogP contribution < -0.4 is 24.8 Å². The normalized spacial score (nSPS) is 12.9. The molecular formula is C23H22F2N2O4S2. The highest BCUT2D eigenvalue weighted by Crippen LogP contribution is 2.25. The van der Waals surface area contributed by atoms with Gasteiger partial charge in [0.15, 0.2) is 5.78 Å². The van der Waals surface area contributed by atoms with Gasteiger partial charge in [0.25, 0.3) is 5.56 Å². The summed E-state index contributed by atoms with van der Waals surface area (Å²) in [6, 6.07) is 7.62. The number of benzene rings is 1. The Morgan fingerprint density at radius 3 is 2.58 bits per heavy atom. The van der Waals surface area contributed by atoms with Gasteiger partial charge in [0.05, 0.1) is 10.2 Å². The standard InChI is InChI=1S/C23H22F2N2O4S2/c1-23(2,3)18(28)11-20-27(21(30)17(33-20)10-14-8-9-32-13-14)12-19(29)26-15-6-4-5-7-16(15)31-22(24)25/h4-11,13,22H,12H2,1-3H3,(H,26,29). The van der Waals surface area contributed by atoms with Gasteiger partial charge in [-0.05, 0) is 40.6 Å². The molecule has 0 saturated carbocycles. The molecule has 6 nitrogen and oxygen atoms in total. The minimum absolute atomic E-state index is 0.0486. The van der Waals surface area contributed by atoms with Crippen LogP contribution in [0.3, 0.4) is 0 Å². The summed E-state index contributed by atoms with van der Waals surface area (Å²) in [7, 11) is 0. The molecule has 3 aromatic rings. The van der Waals surface area contributed by atoms with Crippen molar-refractivity contribution in [3.8, 4) is 5.75 Å². The monoisotopic (exact) mass is 492 g/mol. The number of ether oxygens (including phenoxy) is 1. The molecule has 3 rings (SSSR count). The molecule has 0 aliphatic carbocycles. The fourth-order valence-corrected chi connectivity index (χ4v) is 4.39. The van der Waals surface area contributed by atoms with E-state index in [-0.39, 0.29) is 17.2 Å². The van der Waals surface area contributed by atoms with E-state index in [2.05, 4.69) is 10.1 Å². The Bertz CT molecular complexity index is 1320. The summed E-state index contributed by atoms with van der Waals surface area (Å²) in [5.74, 6) is -1.02. The van der Waals surface area contributed by atoms with Gasteiger partial charge in [-0.15, -0.1) is 11.3 Å². The SMILES string of the molecule is CC(C)(C)C(=O)C=c1sc(=Cc2ccsc2)c(=O)n1CC(=O)Nc1ccccc1OC(F)F. The van der Waals surface area contributed by atoms with E-state index in [0.717, 1.165) is 16.9 Å². The van der Waals surface area contributed by atoms with Gasteiger partial charge in [0.1, 0.15) is 17.0 Å². The number of thiazole rings is 1. The topological polar surface area (TPSA) is 77.4 Å². The third kappa shape index (κ3) is 6.45. The van der Waals surface area contributed by atoms with Crippen molar-refractivity contribution in [1.29, 1.82) is 0 Å². The number of para-hydroxylation sites is 2. The molecule has 174 valence electrons. The maximum atomic E-state index is 13.1. The van der Waals surface area contributed by atoms with E-state index in [0.29, 0.717) is 9.20 Å². The van der Waals surface area contributed by atoms with Crippen LogP contribution in [0.5, 0.6) is 5.75 Å². The molecule has 0 fully saturated rings. The number of ketones is 1. The Hall–Kier alpha value is -3.11. The molecule has 0 saturated heterocycles. The van der Waals surface area contributed by atoms with Crippen molar-refractivity contribution in [3.05, 3.63) is 66.2 Å². The lowest BCUT2D eigenvalue weighted by atomic mass is 9.91. The first-order valence-corrected chi connectivity index (χ1v) is 11.6. The average Bonchev–Trinajstić information content (AvgIpc) is 3.33. The van der Waals surface area contributed by atoms with E-state index in [9.17, 15) is 23.2 Å². The molecule has 0 aliphatic rings. The van der Waals surface area contributed by atoms with Crippen molar-refractivity contribution >= 4 is 52.2 Å². The summed E-state index contributed by atoms with van der Waals surface area (Å²) in [4.78, 5) is 38.4. The number of hydrogen-bond acceptors (Lipinski definition) is 6. The van der Waals surface area contributed by atoms with Crippen LogP contribution >= 0.6 is 22.7 Å². The Labute approximate surface area is 196 Å². The van der Waals surface area contributed by atoms with Gasteiger partial charge in [-0.25, -0.2) is 0 Å². The van der Waals surface area contributed by atoms with Crippen molar-refractivity contribution in [2.45, 2.75) is 33.9 Å². The molecule has 0 bridgehead atoms. The molecule has 2 heterocycles. The number of alkyl halides is 2. The van der Waals surface area contributed by atoms with Crippen LogP contribution in [0.25, 0.3) is 12.2 Å². The van der Waals surface area contributed by atoms with Crippen molar-refractivity contribution < 1.29 is 23.1 Å². The molecule has 33 heavy (non-hydrogen) atoms. The summed E-state index contributed by atoms with van der Waals surface area (Å²) in [6.45, 7) is 1.81. The van der Waals surface area contributed by atoms with E-state index in [1.54, 1.807) is 32.9 Å². The van der Waals surface area contributed by atoms with Crippen LogP contribution in [0.15, 0.2) is 45.9 Å². The fraction of sp³-hybridized carbons (Fsp3) is 0.261. The lowest BCUT2D eigenvalue weighted by molar-refractivity contribution is -0.120. The van der Waals surface area contributed by atoms with Crippen molar-refractivity contribution in [2.75, 3.05) is 5.32 Å². The highest BCUT2D eigenvalue weighted by molar-refractivity contribution is 7.08. The second-order valence-corrected chi connectivity index (χ2v) is 9.92. The molecule has 0 aliphatic heterocycles. The number of aromatic nitrogens is 1. The Morgan fingerprint density at radius 1 is 1.21 bits per heavy atom. The number of carbonyl (C=O) groups is 2.